The fraction of sp³-hybridized carbons (Fsp3) is 0.462. The molecule has 0 unspecified atom stereocenters. The molecule has 0 bridgehead atoms. The standard InChI is InChI=1S/C13H17ClN2O/c14-10-5-3-4-9(8-10)12(13(15)17)11-6-1-2-7-16-11/h3-5,8,11-12,16H,1-2,6-7H2,(H2,15,17)/t11-,12-/m0/s1. The lowest BCUT2D eigenvalue weighted by molar-refractivity contribution is -0.120. The zero-order valence-corrected chi connectivity index (χ0v) is 10.4. The summed E-state index contributed by atoms with van der Waals surface area (Å²) in [6, 6.07) is 7.54. The van der Waals surface area contributed by atoms with Crippen molar-refractivity contribution in [3.8, 4) is 0 Å². The third kappa shape index (κ3) is 2.99. The zero-order chi connectivity index (χ0) is 12.3. The number of hydrogen-bond donors (Lipinski definition) is 2. The van der Waals surface area contributed by atoms with Crippen LogP contribution in [-0.2, 0) is 4.79 Å². The van der Waals surface area contributed by atoms with E-state index in [-0.39, 0.29) is 17.9 Å². The van der Waals surface area contributed by atoms with E-state index in [1.54, 1.807) is 6.07 Å². The van der Waals surface area contributed by atoms with E-state index in [4.69, 9.17) is 17.3 Å². The maximum atomic E-state index is 11.6. The fourth-order valence-corrected chi connectivity index (χ4v) is 2.66. The van der Waals surface area contributed by atoms with Gasteiger partial charge in [-0.05, 0) is 37.1 Å². The van der Waals surface area contributed by atoms with E-state index in [2.05, 4.69) is 5.32 Å². The highest BCUT2D eigenvalue weighted by Gasteiger charge is 2.29. The first-order chi connectivity index (χ1) is 8.18. The summed E-state index contributed by atoms with van der Waals surface area (Å²) in [5.41, 5.74) is 6.43. The van der Waals surface area contributed by atoms with Crippen LogP contribution in [0, 0.1) is 0 Å². The predicted molar refractivity (Wildman–Crippen MR) is 69.0 cm³/mol. The Morgan fingerprint density at radius 3 is 2.88 bits per heavy atom. The Balaban J connectivity index is 2.25. The Kier molecular flexibility index (Phi) is 4.02. The second kappa shape index (κ2) is 5.52. The Labute approximate surface area is 106 Å². The lowest BCUT2D eigenvalue weighted by Gasteiger charge is -2.29. The summed E-state index contributed by atoms with van der Waals surface area (Å²) >= 11 is 5.96. The van der Waals surface area contributed by atoms with E-state index in [1.807, 2.05) is 18.2 Å². The number of benzene rings is 1. The summed E-state index contributed by atoms with van der Waals surface area (Å²) in [7, 11) is 0. The van der Waals surface area contributed by atoms with Crippen molar-refractivity contribution in [3.05, 3.63) is 34.9 Å². The van der Waals surface area contributed by atoms with Crippen molar-refractivity contribution < 1.29 is 4.79 Å². The van der Waals surface area contributed by atoms with Gasteiger partial charge >= 0.3 is 0 Å². The van der Waals surface area contributed by atoms with Crippen LogP contribution in [0.25, 0.3) is 0 Å². The van der Waals surface area contributed by atoms with Gasteiger partial charge in [-0.15, -0.1) is 0 Å². The average molecular weight is 253 g/mol. The minimum absolute atomic E-state index is 0.139. The van der Waals surface area contributed by atoms with Gasteiger partial charge < -0.3 is 11.1 Å². The SMILES string of the molecule is NC(=O)[C@@H](c1cccc(Cl)c1)[C@@H]1CCCCN1. The van der Waals surface area contributed by atoms with Gasteiger partial charge in [0, 0.05) is 11.1 Å². The van der Waals surface area contributed by atoms with Crippen LogP contribution >= 0.6 is 11.6 Å². The summed E-state index contributed by atoms with van der Waals surface area (Å²) in [5, 5.41) is 4.02. The lowest BCUT2D eigenvalue weighted by atomic mass is 9.86. The van der Waals surface area contributed by atoms with Gasteiger partial charge in [-0.3, -0.25) is 4.79 Å². The van der Waals surface area contributed by atoms with Gasteiger partial charge in [0.1, 0.15) is 0 Å². The fourth-order valence-electron chi connectivity index (χ4n) is 2.46. The van der Waals surface area contributed by atoms with Crippen molar-refractivity contribution in [2.24, 2.45) is 5.73 Å². The number of piperidine rings is 1. The van der Waals surface area contributed by atoms with E-state index in [9.17, 15) is 4.79 Å². The maximum absolute atomic E-state index is 11.6. The second-order valence-electron chi connectivity index (χ2n) is 4.49. The number of halogens is 1. The van der Waals surface area contributed by atoms with Crippen molar-refractivity contribution in [2.45, 2.75) is 31.2 Å². The van der Waals surface area contributed by atoms with E-state index < -0.39 is 0 Å². The molecule has 1 amide bonds. The highest BCUT2D eigenvalue weighted by molar-refractivity contribution is 6.30. The number of nitrogens with two attached hydrogens (primary N) is 1. The molecule has 2 atom stereocenters. The number of primary amides is 1. The minimum Gasteiger partial charge on any atom is -0.369 e. The Morgan fingerprint density at radius 2 is 2.29 bits per heavy atom. The van der Waals surface area contributed by atoms with Crippen LogP contribution in [-0.4, -0.2) is 18.5 Å². The molecule has 1 aromatic rings. The summed E-state index contributed by atoms with van der Waals surface area (Å²) < 4.78 is 0. The molecule has 3 nitrogen and oxygen atoms in total. The predicted octanol–water partition coefficient (Wildman–Crippen LogP) is 2.05. The Hall–Kier alpha value is -1.06. The molecule has 0 radical (unpaired) electrons. The van der Waals surface area contributed by atoms with Crippen molar-refractivity contribution in [3.63, 3.8) is 0 Å². The molecule has 1 aliphatic heterocycles. The number of carbonyl (C=O) groups is 1. The maximum Gasteiger partial charge on any atom is 0.226 e. The summed E-state index contributed by atoms with van der Waals surface area (Å²) in [4.78, 5) is 11.6. The Bertz CT molecular complexity index is 402. The molecule has 0 spiro atoms. The van der Waals surface area contributed by atoms with Gasteiger partial charge in [-0.25, -0.2) is 0 Å². The van der Waals surface area contributed by atoms with Crippen LogP contribution in [0.2, 0.25) is 5.02 Å². The molecular weight excluding hydrogens is 236 g/mol. The Morgan fingerprint density at radius 1 is 1.47 bits per heavy atom. The minimum atomic E-state index is -0.285. The smallest absolute Gasteiger partial charge is 0.226 e. The summed E-state index contributed by atoms with van der Waals surface area (Å²) in [6.45, 7) is 0.953. The highest BCUT2D eigenvalue weighted by atomic mass is 35.5. The van der Waals surface area contributed by atoms with E-state index in [0.29, 0.717) is 5.02 Å². The van der Waals surface area contributed by atoms with Gasteiger partial charge in [0.15, 0.2) is 0 Å². The number of amides is 1. The molecule has 4 heteroatoms. The van der Waals surface area contributed by atoms with Gasteiger partial charge in [-0.1, -0.05) is 30.2 Å². The second-order valence-corrected chi connectivity index (χ2v) is 4.93. The number of hydrogen-bond acceptors (Lipinski definition) is 2. The van der Waals surface area contributed by atoms with Crippen LogP contribution in [0.15, 0.2) is 24.3 Å². The van der Waals surface area contributed by atoms with Crippen LogP contribution < -0.4 is 11.1 Å². The molecule has 3 N–H and O–H groups in total. The zero-order valence-electron chi connectivity index (χ0n) is 9.66. The van der Waals surface area contributed by atoms with E-state index >= 15 is 0 Å². The first-order valence-corrected chi connectivity index (χ1v) is 6.34. The summed E-state index contributed by atoms with van der Waals surface area (Å²) in [5.74, 6) is -0.569. The monoisotopic (exact) mass is 252 g/mol. The van der Waals surface area contributed by atoms with Gasteiger partial charge in [-0.2, -0.15) is 0 Å². The topological polar surface area (TPSA) is 55.1 Å². The van der Waals surface area contributed by atoms with Gasteiger partial charge in [0.05, 0.1) is 5.92 Å². The molecule has 0 aromatic heterocycles. The molecule has 92 valence electrons. The van der Waals surface area contributed by atoms with Crippen LogP contribution in [0.4, 0.5) is 0 Å². The quantitative estimate of drug-likeness (QED) is 0.865. The van der Waals surface area contributed by atoms with Crippen LogP contribution in [0.3, 0.4) is 0 Å². The molecule has 1 saturated heterocycles. The number of nitrogens with one attached hydrogen (secondary N) is 1. The molecular formula is C13H17ClN2O. The molecule has 0 saturated carbocycles. The van der Waals surface area contributed by atoms with Crippen molar-refractivity contribution >= 4 is 17.5 Å². The third-order valence-corrected chi connectivity index (χ3v) is 3.50. The first kappa shape index (κ1) is 12.4. The normalized spacial score (nSPS) is 22.1. The first-order valence-electron chi connectivity index (χ1n) is 5.96. The summed E-state index contributed by atoms with van der Waals surface area (Å²) in [6.07, 6.45) is 3.29. The molecule has 1 fully saturated rings. The van der Waals surface area contributed by atoms with Gasteiger partial charge in [0.25, 0.3) is 0 Å². The highest BCUT2D eigenvalue weighted by Crippen LogP contribution is 2.26. The third-order valence-electron chi connectivity index (χ3n) is 3.27. The van der Waals surface area contributed by atoms with Crippen LogP contribution in [0.1, 0.15) is 30.7 Å². The van der Waals surface area contributed by atoms with Crippen molar-refractivity contribution in [2.75, 3.05) is 6.54 Å². The van der Waals surface area contributed by atoms with Gasteiger partial charge in [0.2, 0.25) is 5.91 Å². The number of carbonyl (C=O) groups excluding carboxylic acids is 1. The van der Waals surface area contributed by atoms with Crippen molar-refractivity contribution in [1.29, 1.82) is 0 Å². The molecule has 1 aliphatic rings. The molecule has 1 heterocycles. The van der Waals surface area contributed by atoms with Crippen LogP contribution in [0.5, 0.6) is 0 Å². The average Bonchev–Trinajstić information content (AvgIpc) is 2.30. The molecule has 17 heavy (non-hydrogen) atoms. The lowest BCUT2D eigenvalue weighted by Crippen LogP contribution is -2.43. The van der Waals surface area contributed by atoms with E-state index in [0.717, 1.165) is 31.4 Å². The molecule has 0 aliphatic carbocycles. The molecule has 1 aromatic carbocycles. The largest absolute Gasteiger partial charge is 0.369 e. The van der Waals surface area contributed by atoms with E-state index in [1.165, 1.54) is 0 Å². The molecule has 2 rings (SSSR count). The van der Waals surface area contributed by atoms with Crippen molar-refractivity contribution in [1.82, 2.24) is 5.32 Å². The number of rotatable bonds is 3.